The molecule has 1 heterocycles. The van der Waals surface area contributed by atoms with Crippen LogP contribution in [0.1, 0.15) is 65.6 Å². The lowest BCUT2D eigenvalue weighted by molar-refractivity contribution is 0.0642. The van der Waals surface area contributed by atoms with Crippen molar-refractivity contribution in [1.29, 1.82) is 0 Å². The van der Waals surface area contributed by atoms with Gasteiger partial charge in [0.25, 0.3) is 11.8 Å². The van der Waals surface area contributed by atoms with Crippen LogP contribution in [-0.2, 0) is 17.5 Å². The van der Waals surface area contributed by atoms with E-state index in [9.17, 15) is 13.8 Å². The quantitative estimate of drug-likeness (QED) is 0.801. The van der Waals surface area contributed by atoms with Crippen molar-refractivity contribution in [2.24, 2.45) is 0 Å². The average molecular weight is 385 g/mol. The van der Waals surface area contributed by atoms with Gasteiger partial charge in [-0.3, -0.25) is 14.5 Å². The summed E-state index contributed by atoms with van der Waals surface area (Å²) in [5, 5.41) is 0. The topological polar surface area (TPSA) is 66.5 Å². The van der Waals surface area contributed by atoms with Crippen molar-refractivity contribution in [2.75, 3.05) is 0 Å². The molecular weight excluding hydrogens is 360 g/mol. The molecule has 2 amide bonds. The van der Waals surface area contributed by atoms with E-state index in [1.54, 1.807) is 24.3 Å². The van der Waals surface area contributed by atoms with Crippen molar-refractivity contribution >= 4 is 22.8 Å². The first-order chi connectivity index (χ1) is 12.7. The summed E-state index contributed by atoms with van der Waals surface area (Å²) in [6.07, 6.45) is 0. The van der Waals surface area contributed by atoms with Crippen LogP contribution in [0.4, 0.5) is 0 Å². The maximum atomic E-state index is 12.5. The Morgan fingerprint density at radius 2 is 1.48 bits per heavy atom. The second-order valence-corrected chi connectivity index (χ2v) is 9.70. The number of nitrogens with one attached hydrogen (secondary N) is 1. The summed E-state index contributed by atoms with van der Waals surface area (Å²) >= 11 is 0. The molecule has 6 heteroatoms. The highest BCUT2D eigenvalue weighted by molar-refractivity contribution is 7.84. The van der Waals surface area contributed by atoms with Crippen molar-refractivity contribution < 1.29 is 13.8 Å². The molecule has 27 heavy (non-hydrogen) atoms. The first-order valence-corrected chi connectivity index (χ1v) is 10.1. The molecular formula is C21H24N2O3S. The molecule has 0 aromatic heterocycles. The SMILES string of the molecule is CC(NS(=O)C(C)(C)C)c1ccc(CN2C(=O)c3ccccc3C2=O)cc1. The number of carbonyl (C=O) groups excluding carboxylic acids is 2. The lowest BCUT2D eigenvalue weighted by Gasteiger charge is -2.22. The summed E-state index contributed by atoms with van der Waals surface area (Å²) in [5.41, 5.74) is 2.79. The second-order valence-electron chi connectivity index (χ2n) is 7.70. The van der Waals surface area contributed by atoms with Crippen LogP contribution in [-0.4, -0.2) is 25.7 Å². The van der Waals surface area contributed by atoms with Crippen LogP contribution >= 0.6 is 0 Å². The Morgan fingerprint density at radius 3 is 1.96 bits per heavy atom. The van der Waals surface area contributed by atoms with Crippen molar-refractivity contribution in [3.05, 3.63) is 70.8 Å². The highest BCUT2D eigenvalue weighted by Gasteiger charge is 2.34. The van der Waals surface area contributed by atoms with Gasteiger partial charge in [-0.2, -0.15) is 0 Å². The van der Waals surface area contributed by atoms with Crippen molar-refractivity contribution in [1.82, 2.24) is 9.62 Å². The molecule has 142 valence electrons. The Bertz CT molecular complexity index is 865. The standard InChI is InChI=1S/C21H24N2O3S/c1-14(22-27(26)21(2,3)4)16-11-9-15(10-12-16)13-23-19(24)17-7-5-6-8-18(17)20(23)25/h5-12,14,22H,13H2,1-4H3. The molecule has 0 spiro atoms. The van der Waals surface area contributed by atoms with Crippen LogP contribution in [0.5, 0.6) is 0 Å². The van der Waals surface area contributed by atoms with E-state index < -0.39 is 11.0 Å². The van der Waals surface area contributed by atoms with E-state index >= 15 is 0 Å². The van der Waals surface area contributed by atoms with Gasteiger partial charge in [-0.25, -0.2) is 8.93 Å². The zero-order chi connectivity index (χ0) is 19.8. The minimum absolute atomic E-state index is 0.0709. The van der Waals surface area contributed by atoms with E-state index in [4.69, 9.17) is 0 Å². The Kier molecular flexibility index (Phi) is 5.31. The monoisotopic (exact) mass is 384 g/mol. The molecule has 0 aliphatic carbocycles. The number of benzene rings is 2. The van der Waals surface area contributed by atoms with E-state index in [1.807, 2.05) is 52.0 Å². The fraction of sp³-hybridized carbons (Fsp3) is 0.333. The number of hydrogen-bond donors (Lipinski definition) is 1. The maximum absolute atomic E-state index is 12.5. The number of fused-ring (bicyclic) bond motifs is 1. The molecule has 1 aliphatic heterocycles. The van der Waals surface area contributed by atoms with Gasteiger partial charge in [0.1, 0.15) is 0 Å². The number of carbonyl (C=O) groups is 2. The summed E-state index contributed by atoms with van der Waals surface area (Å²) < 4.78 is 15.0. The van der Waals surface area contributed by atoms with Crippen LogP contribution in [0.3, 0.4) is 0 Å². The molecule has 0 fully saturated rings. The number of rotatable bonds is 5. The molecule has 0 bridgehead atoms. The van der Waals surface area contributed by atoms with Gasteiger partial charge in [0.15, 0.2) is 0 Å². The first-order valence-electron chi connectivity index (χ1n) is 8.90. The lowest BCUT2D eigenvalue weighted by Crippen LogP contribution is -2.34. The molecule has 1 aliphatic rings. The molecule has 0 radical (unpaired) electrons. The minimum Gasteiger partial charge on any atom is -0.270 e. The smallest absolute Gasteiger partial charge is 0.261 e. The van der Waals surface area contributed by atoms with Crippen molar-refractivity contribution in [3.63, 3.8) is 0 Å². The van der Waals surface area contributed by atoms with Gasteiger partial charge in [-0.05, 0) is 51.0 Å². The van der Waals surface area contributed by atoms with Crippen LogP contribution in [0.15, 0.2) is 48.5 Å². The largest absolute Gasteiger partial charge is 0.270 e. The van der Waals surface area contributed by atoms with Crippen molar-refractivity contribution in [2.45, 2.75) is 45.0 Å². The number of amides is 2. The highest BCUT2D eigenvalue weighted by atomic mass is 32.2. The van der Waals surface area contributed by atoms with E-state index in [0.717, 1.165) is 11.1 Å². The molecule has 0 saturated heterocycles. The Morgan fingerprint density at radius 1 is 0.963 bits per heavy atom. The Hall–Kier alpha value is -2.31. The lowest BCUT2D eigenvalue weighted by atomic mass is 10.1. The summed E-state index contributed by atoms with van der Waals surface area (Å²) in [6.45, 7) is 7.97. The predicted octanol–water partition coefficient (Wildman–Crippen LogP) is 3.60. The van der Waals surface area contributed by atoms with Gasteiger partial charge >= 0.3 is 0 Å². The van der Waals surface area contributed by atoms with E-state index in [1.165, 1.54) is 4.90 Å². The average Bonchev–Trinajstić information content (AvgIpc) is 2.87. The van der Waals surface area contributed by atoms with E-state index in [-0.39, 0.29) is 29.1 Å². The van der Waals surface area contributed by atoms with Crippen LogP contribution < -0.4 is 4.72 Å². The van der Waals surface area contributed by atoms with Gasteiger partial charge < -0.3 is 0 Å². The zero-order valence-electron chi connectivity index (χ0n) is 16.0. The normalized spacial score (nSPS) is 16.4. The van der Waals surface area contributed by atoms with E-state index in [2.05, 4.69) is 4.72 Å². The number of nitrogens with zero attached hydrogens (tertiary/aromatic N) is 1. The van der Waals surface area contributed by atoms with Gasteiger partial charge in [-0.15, -0.1) is 0 Å². The van der Waals surface area contributed by atoms with Crippen LogP contribution in [0.25, 0.3) is 0 Å². The minimum atomic E-state index is -1.16. The summed E-state index contributed by atoms with van der Waals surface area (Å²) in [5.74, 6) is -0.509. The van der Waals surface area contributed by atoms with E-state index in [0.29, 0.717) is 11.1 Å². The zero-order valence-corrected chi connectivity index (χ0v) is 16.8. The third-order valence-electron chi connectivity index (χ3n) is 4.54. The van der Waals surface area contributed by atoms with Gasteiger partial charge in [0.05, 0.1) is 33.4 Å². The van der Waals surface area contributed by atoms with Gasteiger partial charge in [0.2, 0.25) is 0 Å². The molecule has 0 saturated carbocycles. The fourth-order valence-electron chi connectivity index (χ4n) is 2.88. The van der Waals surface area contributed by atoms with Crippen LogP contribution in [0, 0.1) is 0 Å². The van der Waals surface area contributed by atoms with Gasteiger partial charge in [0, 0.05) is 6.04 Å². The Balaban J connectivity index is 1.69. The molecule has 2 unspecified atom stereocenters. The third-order valence-corrected chi connectivity index (χ3v) is 6.22. The second kappa shape index (κ2) is 7.37. The summed E-state index contributed by atoms with van der Waals surface area (Å²) in [6, 6.07) is 14.5. The molecule has 2 aromatic rings. The predicted molar refractivity (Wildman–Crippen MR) is 107 cm³/mol. The van der Waals surface area contributed by atoms with Crippen molar-refractivity contribution in [3.8, 4) is 0 Å². The van der Waals surface area contributed by atoms with Crippen LogP contribution in [0.2, 0.25) is 0 Å². The molecule has 2 aromatic carbocycles. The fourth-order valence-corrected chi connectivity index (χ4v) is 3.69. The van der Waals surface area contributed by atoms with Gasteiger partial charge in [-0.1, -0.05) is 36.4 Å². The molecule has 2 atom stereocenters. The highest BCUT2D eigenvalue weighted by Crippen LogP contribution is 2.25. The maximum Gasteiger partial charge on any atom is 0.261 e. The molecule has 5 nitrogen and oxygen atoms in total. The third kappa shape index (κ3) is 4.01. The molecule has 1 N–H and O–H groups in total. The summed E-state index contributed by atoms with van der Waals surface area (Å²) in [7, 11) is -1.16. The Labute approximate surface area is 162 Å². The number of imide groups is 1. The first kappa shape index (κ1) is 19.5. The molecule has 3 rings (SSSR count). The summed E-state index contributed by atoms with van der Waals surface area (Å²) in [4.78, 5) is 26.2. The number of hydrogen-bond acceptors (Lipinski definition) is 3.